The molecule has 1 saturated carbocycles. The van der Waals surface area contributed by atoms with Gasteiger partial charge < -0.3 is 24.0 Å². The summed E-state index contributed by atoms with van der Waals surface area (Å²) in [4.78, 5) is 18.2. The van der Waals surface area contributed by atoms with E-state index in [-0.39, 0.29) is 34.4 Å². The third kappa shape index (κ3) is 9.24. The van der Waals surface area contributed by atoms with Crippen LogP contribution in [0.4, 0.5) is 5.69 Å². The normalized spacial score (nSPS) is 29.7. The van der Waals surface area contributed by atoms with Crippen LogP contribution in [-0.2, 0) is 26.9 Å². The molecule has 0 radical (unpaired) electrons. The smallest absolute Gasteiger partial charge is 0.263 e. The molecule has 0 saturated heterocycles. The Hall–Kier alpha value is -2.17. The van der Waals surface area contributed by atoms with E-state index in [2.05, 4.69) is 61.5 Å². The van der Waals surface area contributed by atoms with Crippen LogP contribution in [0.5, 0.6) is 5.75 Å². The van der Waals surface area contributed by atoms with Crippen molar-refractivity contribution in [2.75, 3.05) is 65.6 Å². The monoisotopic (exact) mass is 729 g/mol. The maximum atomic E-state index is 13.5. The minimum Gasteiger partial charge on any atom is -0.491 e. The Morgan fingerprint density at radius 1 is 1.12 bits per heavy atom. The Kier molecular flexibility index (Phi) is 13.7. The number of anilines is 1. The van der Waals surface area contributed by atoms with Gasteiger partial charge in [0.25, 0.3) is 5.91 Å². The van der Waals surface area contributed by atoms with E-state index >= 15 is 0 Å². The number of methoxy groups -OCH3 is 1. The molecule has 2 aliphatic heterocycles. The fourth-order valence-electron chi connectivity index (χ4n) is 8.29. The summed E-state index contributed by atoms with van der Waals surface area (Å²) in [7, 11) is 4.40. The van der Waals surface area contributed by atoms with E-state index in [4.69, 9.17) is 25.8 Å². The molecule has 8 nitrogen and oxygen atoms in total. The summed E-state index contributed by atoms with van der Waals surface area (Å²) in [5.74, 6) is 1.79. The number of halogens is 1. The number of aryl methyl sites for hydroxylation is 1. The van der Waals surface area contributed by atoms with Crippen molar-refractivity contribution in [2.45, 2.75) is 89.9 Å². The molecule has 0 spiro atoms. The van der Waals surface area contributed by atoms with Crippen LogP contribution >= 0.6 is 11.6 Å². The van der Waals surface area contributed by atoms with Gasteiger partial charge in [-0.25, -0.2) is 4.21 Å². The van der Waals surface area contributed by atoms with Gasteiger partial charge in [0.2, 0.25) is 0 Å². The van der Waals surface area contributed by atoms with Gasteiger partial charge in [0, 0.05) is 36.7 Å². The van der Waals surface area contributed by atoms with Gasteiger partial charge in [-0.2, -0.15) is 0 Å². The number of carbonyl (C=O) groups excluding carboxylic acids is 1. The number of fused-ring (bicyclic) bond motifs is 2. The van der Waals surface area contributed by atoms with E-state index in [0.29, 0.717) is 43.8 Å². The number of hydrogen-bond donors (Lipinski definition) is 1. The van der Waals surface area contributed by atoms with E-state index in [1.807, 2.05) is 25.1 Å². The van der Waals surface area contributed by atoms with Crippen molar-refractivity contribution in [1.29, 1.82) is 0 Å². The first-order valence-electron chi connectivity index (χ1n) is 18.7. The van der Waals surface area contributed by atoms with Gasteiger partial charge in [0.15, 0.2) is 0 Å². The number of rotatable bonds is 10. The lowest BCUT2D eigenvalue weighted by atomic mass is 9.58. The highest BCUT2D eigenvalue weighted by molar-refractivity contribution is 7.84. The standard InChI is InChI=1S/C40H60ClN3O5S/c1-8-10-29-19-33(41)14-15-35(29)32-22-44-21-31-12-16-36(31)40(4,26-48-25-34(24-47-7)43(5)6)18-9-11-27(2)28(3)50(46)42-39(45)30-13-17-38(49-23-32)37(44)20-30/h13-15,17,19-20,27-28,31-32,34,36H,8-12,16,18,21-26H2,1-7H3,(H,42,45)/t27?,28?,31?,32?,34?,36?,40-,50?/m1/s1. The van der Waals surface area contributed by atoms with Crippen LogP contribution in [0.15, 0.2) is 36.4 Å². The molecule has 7 unspecified atom stereocenters. The van der Waals surface area contributed by atoms with Gasteiger partial charge in [-0.05, 0) is 118 Å². The highest BCUT2D eigenvalue weighted by Crippen LogP contribution is 2.51. The largest absolute Gasteiger partial charge is 0.491 e. The van der Waals surface area contributed by atoms with Gasteiger partial charge in [-0.15, -0.1) is 0 Å². The first-order valence-corrected chi connectivity index (χ1v) is 20.3. The fourth-order valence-corrected chi connectivity index (χ4v) is 9.53. The van der Waals surface area contributed by atoms with E-state index < -0.39 is 11.0 Å². The van der Waals surface area contributed by atoms with Crippen molar-refractivity contribution in [2.24, 2.45) is 23.2 Å². The van der Waals surface area contributed by atoms with E-state index in [1.165, 1.54) is 17.5 Å². The SMILES string of the molecule is CCCc1cc(Cl)ccc1C1COc2ccc3cc2N(C1)CC1CCC1[C@@](C)(COCC(COC)N(C)C)CCCC(C)C(C)S(=O)NC3=O. The third-order valence-electron chi connectivity index (χ3n) is 11.8. The van der Waals surface area contributed by atoms with Gasteiger partial charge in [0.1, 0.15) is 16.7 Å². The van der Waals surface area contributed by atoms with Crippen molar-refractivity contribution in [1.82, 2.24) is 9.62 Å². The van der Waals surface area contributed by atoms with E-state index in [0.717, 1.165) is 68.1 Å². The molecule has 2 aromatic rings. The second-order valence-corrected chi connectivity index (χ2v) is 17.7. The molecule has 1 aliphatic carbocycles. The highest BCUT2D eigenvalue weighted by atomic mass is 35.5. The van der Waals surface area contributed by atoms with Gasteiger partial charge in [0.05, 0.1) is 43.4 Å². The maximum absolute atomic E-state index is 13.5. The van der Waals surface area contributed by atoms with Crippen molar-refractivity contribution in [3.63, 3.8) is 0 Å². The third-order valence-corrected chi connectivity index (χ3v) is 13.6. The molecule has 10 heteroatoms. The zero-order valence-corrected chi connectivity index (χ0v) is 32.9. The molecule has 3 aliphatic rings. The Balaban J connectivity index is 1.49. The van der Waals surface area contributed by atoms with Crippen molar-refractivity contribution in [3.05, 3.63) is 58.1 Å². The van der Waals surface area contributed by atoms with Crippen molar-refractivity contribution >= 4 is 34.2 Å². The Labute approximate surface area is 308 Å². The second-order valence-electron chi connectivity index (χ2n) is 15.7. The molecule has 0 aromatic heterocycles. The van der Waals surface area contributed by atoms with Crippen LogP contribution in [0.2, 0.25) is 5.02 Å². The lowest BCUT2D eigenvalue weighted by Crippen LogP contribution is -2.48. The predicted octanol–water partition coefficient (Wildman–Crippen LogP) is 7.50. The number of ether oxygens (including phenoxy) is 3. The van der Waals surface area contributed by atoms with Crippen LogP contribution in [-0.4, -0.2) is 87.0 Å². The first-order chi connectivity index (χ1) is 23.9. The van der Waals surface area contributed by atoms with Crippen molar-refractivity contribution in [3.8, 4) is 5.75 Å². The number of nitrogens with zero attached hydrogens (tertiary/aromatic N) is 2. The number of likely N-dealkylation sites (N-methyl/N-ethyl adjacent to an activating group) is 1. The van der Waals surface area contributed by atoms with Crippen molar-refractivity contribution < 1.29 is 23.2 Å². The molecule has 5 rings (SSSR count). The quantitative estimate of drug-likeness (QED) is 0.271. The second kappa shape index (κ2) is 17.6. The summed E-state index contributed by atoms with van der Waals surface area (Å²) in [6, 6.07) is 12.2. The topological polar surface area (TPSA) is 80.3 Å². The Morgan fingerprint density at radius 3 is 2.62 bits per heavy atom. The average Bonchev–Trinajstić information content (AvgIpc) is 3.24. The van der Waals surface area contributed by atoms with Crippen LogP contribution in [0, 0.1) is 23.2 Å². The van der Waals surface area contributed by atoms with Crippen LogP contribution < -0.4 is 14.4 Å². The minimum absolute atomic E-state index is 0.00283. The van der Waals surface area contributed by atoms with E-state index in [1.54, 1.807) is 13.2 Å². The first kappa shape index (κ1) is 39.0. The summed E-state index contributed by atoms with van der Waals surface area (Å²) in [6.07, 6.45) is 7.35. The molecule has 1 N–H and O–H groups in total. The average molecular weight is 730 g/mol. The molecule has 2 aromatic carbocycles. The summed E-state index contributed by atoms with van der Waals surface area (Å²) in [6.45, 7) is 12.9. The lowest BCUT2D eigenvalue weighted by Gasteiger charge is -2.50. The van der Waals surface area contributed by atoms with Gasteiger partial charge >= 0.3 is 0 Å². The molecule has 1 fully saturated rings. The zero-order valence-electron chi connectivity index (χ0n) is 31.3. The number of carbonyl (C=O) groups is 1. The fraction of sp³-hybridized carbons (Fsp3) is 0.675. The summed E-state index contributed by atoms with van der Waals surface area (Å²) in [5.41, 5.74) is 3.99. The highest BCUT2D eigenvalue weighted by Gasteiger charge is 2.46. The van der Waals surface area contributed by atoms with Crippen LogP contribution in [0.3, 0.4) is 0 Å². The molecule has 8 atom stereocenters. The van der Waals surface area contributed by atoms with Gasteiger partial charge in [-0.1, -0.05) is 51.3 Å². The number of amides is 1. The predicted molar refractivity (Wildman–Crippen MR) is 205 cm³/mol. The molecular formula is C40H60ClN3O5S. The molecular weight excluding hydrogens is 670 g/mol. The summed E-state index contributed by atoms with van der Waals surface area (Å²) in [5, 5.41) is 0.591. The maximum Gasteiger partial charge on any atom is 0.263 e. The van der Waals surface area contributed by atoms with Gasteiger partial charge in [-0.3, -0.25) is 9.52 Å². The number of benzene rings is 2. The van der Waals surface area contributed by atoms with E-state index in [9.17, 15) is 9.00 Å². The number of hydrogen-bond acceptors (Lipinski definition) is 7. The Morgan fingerprint density at radius 2 is 1.92 bits per heavy atom. The Bertz CT molecular complexity index is 1470. The summed E-state index contributed by atoms with van der Waals surface area (Å²) < 4.78 is 34.9. The molecule has 2 bridgehead atoms. The number of nitrogens with one attached hydrogen (secondary N) is 1. The summed E-state index contributed by atoms with van der Waals surface area (Å²) >= 11 is 6.48. The molecule has 50 heavy (non-hydrogen) atoms. The molecule has 1 amide bonds. The zero-order chi connectivity index (χ0) is 36.0. The lowest BCUT2D eigenvalue weighted by molar-refractivity contribution is -0.0607. The van der Waals surface area contributed by atoms with Crippen LogP contribution in [0.1, 0.15) is 93.6 Å². The molecule has 278 valence electrons. The minimum atomic E-state index is -1.50. The molecule has 2 heterocycles. The van der Waals surface area contributed by atoms with Crippen LogP contribution in [0.25, 0.3) is 0 Å².